The van der Waals surface area contributed by atoms with Gasteiger partial charge < -0.3 is 10.4 Å². The quantitative estimate of drug-likeness (QED) is 0.534. The van der Waals surface area contributed by atoms with Crippen molar-refractivity contribution in [2.24, 2.45) is 0 Å². The summed E-state index contributed by atoms with van der Waals surface area (Å²) in [5, 5.41) is 24.9. The third kappa shape index (κ3) is 3.85. The summed E-state index contributed by atoms with van der Waals surface area (Å²) in [5.74, 6) is -1.58. The van der Waals surface area contributed by atoms with E-state index in [0.717, 1.165) is 6.20 Å². The number of carbonyl (C=O) groups is 2. The molecule has 1 heterocycles. The SMILES string of the molecule is C[C@H](NC(=O)CCn1cc([N+](=O)[O-])cn1)C(=O)O. The number of aliphatic carboxylic acids is 1. The van der Waals surface area contributed by atoms with Gasteiger partial charge in [0.15, 0.2) is 0 Å². The normalized spacial score (nSPS) is 11.8. The van der Waals surface area contributed by atoms with E-state index < -0.39 is 22.8 Å². The van der Waals surface area contributed by atoms with E-state index in [-0.39, 0.29) is 18.7 Å². The Morgan fingerprint density at radius 1 is 1.67 bits per heavy atom. The van der Waals surface area contributed by atoms with Gasteiger partial charge in [-0.05, 0) is 6.92 Å². The van der Waals surface area contributed by atoms with Crippen molar-refractivity contribution in [3.63, 3.8) is 0 Å². The number of aryl methyl sites for hydroxylation is 1. The van der Waals surface area contributed by atoms with Crippen LogP contribution in [0.4, 0.5) is 5.69 Å². The van der Waals surface area contributed by atoms with E-state index in [1.54, 1.807) is 0 Å². The highest BCUT2D eigenvalue weighted by Gasteiger charge is 2.14. The standard InChI is InChI=1S/C9H12N4O5/c1-6(9(15)16)11-8(14)2-3-12-5-7(4-10-12)13(17)18/h4-6H,2-3H2,1H3,(H,11,14)(H,15,16)/t6-/m0/s1. The van der Waals surface area contributed by atoms with Crippen molar-refractivity contribution >= 4 is 17.6 Å². The molecule has 0 unspecified atom stereocenters. The van der Waals surface area contributed by atoms with Gasteiger partial charge in [-0.25, -0.2) is 0 Å². The predicted molar refractivity (Wildman–Crippen MR) is 58.7 cm³/mol. The Bertz CT molecular complexity index is 469. The number of nitrogens with one attached hydrogen (secondary N) is 1. The number of nitro groups is 1. The highest BCUT2D eigenvalue weighted by Crippen LogP contribution is 2.07. The third-order valence-corrected chi connectivity index (χ3v) is 2.15. The molecule has 0 aromatic carbocycles. The first-order valence-corrected chi connectivity index (χ1v) is 5.09. The molecule has 2 N–H and O–H groups in total. The molecule has 0 spiro atoms. The molecule has 9 heteroatoms. The van der Waals surface area contributed by atoms with Gasteiger partial charge in [-0.3, -0.25) is 24.4 Å². The lowest BCUT2D eigenvalue weighted by Gasteiger charge is -2.08. The number of hydrogen-bond acceptors (Lipinski definition) is 5. The molecule has 1 atom stereocenters. The molecule has 9 nitrogen and oxygen atoms in total. The smallest absolute Gasteiger partial charge is 0.325 e. The summed E-state index contributed by atoms with van der Waals surface area (Å²) in [5.41, 5.74) is -0.158. The van der Waals surface area contributed by atoms with E-state index in [1.807, 2.05) is 0 Å². The van der Waals surface area contributed by atoms with E-state index in [0.29, 0.717) is 0 Å². The van der Waals surface area contributed by atoms with Crippen LogP contribution < -0.4 is 5.32 Å². The highest BCUT2D eigenvalue weighted by molar-refractivity contribution is 5.83. The van der Waals surface area contributed by atoms with E-state index in [9.17, 15) is 19.7 Å². The van der Waals surface area contributed by atoms with Crippen molar-refractivity contribution in [2.45, 2.75) is 25.9 Å². The molecule has 1 rings (SSSR count). The molecule has 18 heavy (non-hydrogen) atoms. The van der Waals surface area contributed by atoms with Crippen LogP contribution in [-0.4, -0.2) is 37.7 Å². The summed E-state index contributed by atoms with van der Waals surface area (Å²) < 4.78 is 1.25. The van der Waals surface area contributed by atoms with E-state index in [1.165, 1.54) is 17.8 Å². The largest absolute Gasteiger partial charge is 0.480 e. The summed E-state index contributed by atoms with van der Waals surface area (Å²) in [6, 6.07) is -0.968. The molecule has 1 amide bonds. The summed E-state index contributed by atoms with van der Waals surface area (Å²) in [4.78, 5) is 31.6. The minimum Gasteiger partial charge on any atom is -0.480 e. The zero-order valence-corrected chi connectivity index (χ0v) is 9.57. The Hall–Kier alpha value is -2.45. The molecule has 98 valence electrons. The zero-order chi connectivity index (χ0) is 13.7. The van der Waals surface area contributed by atoms with E-state index >= 15 is 0 Å². The van der Waals surface area contributed by atoms with E-state index in [2.05, 4.69) is 10.4 Å². The Morgan fingerprint density at radius 2 is 2.33 bits per heavy atom. The van der Waals surface area contributed by atoms with E-state index in [4.69, 9.17) is 5.11 Å². The minimum atomic E-state index is -1.13. The first-order chi connectivity index (χ1) is 8.40. The number of carbonyl (C=O) groups excluding carboxylic acids is 1. The van der Waals surface area contributed by atoms with Crippen LogP contribution in [0, 0.1) is 10.1 Å². The molecule has 0 fully saturated rings. The van der Waals surface area contributed by atoms with Gasteiger partial charge in [0, 0.05) is 13.0 Å². The maximum atomic E-state index is 11.3. The van der Waals surface area contributed by atoms with Gasteiger partial charge in [0.1, 0.15) is 18.4 Å². The van der Waals surface area contributed by atoms with Crippen LogP contribution in [0.2, 0.25) is 0 Å². The van der Waals surface area contributed by atoms with Crippen LogP contribution in [-0.2, 0) is 16.1 Å². The van der Waals surface area contributed by atoms with Gasteiger partial charge in [0.05, 0.1) is 4.92 Å². The van der Waals surface area contributed by atoms with Gasteiger partial charge in [-0.15, -0.1) is 0 Å². The first kappa shape index (κ1) is 13.6. The molecule has 0 bridgehead atoms. The summed E-state index contributed by atoms with van der Waals surface area (Å²) >= 11 is 0. The molecule has 1 aromatic heterocycles. The lowest BCUT2D eigenvalue weighted by molar-refractivity contribution is -0.385. The molecule has 0 saturated carbocycles. The molecule has 0 radical (unpaired) electrons. The Balaban J connectivity index is 2.42. The topological polar surface area (TPSA) is 127 Å². The summed E-state index contributed by atoms with van der Waals surface area (Å²) in [6.07, 6.45) is 2.28. The average molecular weight is 256 g/mol. The fourth-order valence-electron chi connectivity index (χ4n) is 1.16. The maximum Gasteiger partial charge on any atom is 0.325 e. The van der Waals surface area contributed by atoms with Crippen LogP contribution in [0.1, 0.15) is 13.3 Å². The van der Waals surface area contributed by atoms with Gasteiger partial charge in [-0.2, -0.15) is 5.10 Å². The second-order valence-electron chi connectivity index (χ2n) is 3.60. The second kappa shape index (κ2) is 5.75. The number of carboxylic acid groups (broad SMARTS) is 1. The number of aromatic nitrogens is 2. The first-order valence-electron chi connectivity index (χ1n) is 5.09. The van der Waals surface area contributed by atoms with Crippen molar-refractivity contribution < 1.29 is 19.6 Å². The molecular weight excluding hydrogens is 244 g/mol. The van der Waals surface area contributed by atoms with Crippen LogP contribution in [0.5, 0.6) is 0 Å². The van der Waals surface area contributed by atoms with Crippen LogP contribution in [0.25, 0.3) is 0 Å². The fraction of sp³-hybridized carbons (Fsp3) is 0.444. The summed E-state index contributed by atoms with van der Waals surface area (Å²) in [6.45, 7) is 1.49. The number of hydrogen-bond donors (Lipinski definition) is 2. The van der Waals surface area contributed by atoms with Gasteiger partial charge in [-0.1, -0.05) is 0 Å². The maximum absolute atomic E-state index is 11.3. The average Bonchev–Trinajstić information content (AvgIpc) is 2.74. The number of amides is 1. The third-order valence-electron chi connectivity index (χ3n) is 2.15. The summed E-state index contributed by atoms with van der Waals surface area (Å²) in [7, 11) is 0. The Morgan fingerprint density at radius 3 is 2.83 bits per heavy atom. The predicted octanol–water partition coefficient (Wildman–Crippen LogP) is -0.229. The van der Waals surface area contributed by atoms with Crippen LogP contribution >= 0.6 is 0 Å². The lowest BCUT2D eigenvalue weighted by Crippen LogP contribution is -2.38. The molecular formula is C9H12N4O5. The second-order valence-corrected chi connectivity index (χ2v) is 3.60. The molecule has 0 aliphatic carbocycles. The van der Waals surface area contributed by atoms with Crippen molar-refractivity contribution in [1.82, 2.24) is 15.1 Å². The fourth-order valence-corrected chi connectivity index (χ4v) is 1.16. The monoisotopic (exact) mass is 256 g/mol. The van der Waals surface area contributed by atoms with Crippen molar-refractivity contribution in [2.75, 3.05) is 0 Å². The molecule has 0 saturated heterocycles. The number of nitrogens with zero attached hydrogens (tertiary/aromatic N) is 3. The van der Waals surface area contributed by atoms with Gasteiger partial charge in [0.25, 0.3) is 0 Å². The minimum absolute atomic E-state index is 0.00352. The molecule has 1 aromatic rings. The number of carboxylic acids is 1. The number of rotatable bonds is 6. The van der Waals surface area contributed by atoms with Crippen LogP contribution in [0.3, 0.4) is 0 Å². The van der Waals surface area contributed by atoms with Crippen molar-refractivity contribution in [3.05, 3.63) is 22.5 Å². The molecule has 0 aliphatic rings. The van der Waals surface area contributed by atoms with Crippen molar-refractivity contribution in [1.29, 1.82) is 0 Å². The van der Waals surface area contributed by atoms with Gasteiger partial charge >= 0.3 is 11.7 Å². The zero-order valence-electron chi connectivity index (χ0n) is 9.57. The van der Waals surface area contributed by atoms with Crippen molar-refractivity contribution in [3.8, 4) is 0 Å². The molecule has 0 aliphatic heterocycles. The van der Waals surface area contributed by atoms with Crippen LogP contribution in [0.15, 0.2) is 12.4 Å². The Labute approximate surface area is 102 Å². The highest BCUT2D eigenvalue weighted by atomic mass is 16.6. The Kier molecular flexibility index (Phi) is 4.35. The van der Waals surface area contributed by atoms with Gasteiger partial charge in [0.2, 0.25) is 5.91 Å². The lowest BCUT2D eigenvalue weighted by atomic mass is 10.3.